The Hall–Kier alpha value is -1.36. The third kappa shape index (κ3) is 4.34. The molecular weight excluding hydrogens is 288 g/mol. The molecule has 5 heteroatoms. The summed E-state index contributed by atoms with van der Waals surface area (Å²) < 4.78 is 1.96. The van der Waals surface area contributed by atoms with Gasteiger partial charge in [-0.15, -0.1) is 0 Å². The fourth-order valence-electron chi connectivity index (χ4n) is 3.98. The number of hydrogen-bond donors (Lipinski definition) is 2. The summed E-state index contributed by atoms with van der Waals surface area (Å²) in [4.78, 5) is 12.4. The van der Waals surface area contributed by atoms with Crippen molar-refractivity contribution in [2.45, 2.75) is 70.4 Å². The molecule has 1 amide bonds. The molecular formula is C18H30N4O. The zero-order chi connectivity index (χ0) is 16.1. The van der Waals surface area contributed by atoms with Gasteiger partial charge in [-0.25, -0.2) is 0 Å². The monoisotopic (exact) mass is 318 g/mol. The highest BCUT2D eigenvalue weighted by molar-refractivity contribution is 5.92. The maximum atomic E-state index is 12.4. The summed E-state index contributed by atoms with van der Waals surface area (Å²) in [5.74, 6) is 0.859. The van der Waals surface area contributed by atoms with Crippen molar-refractivity contribution >= 4 is 5.91 Å². The van der Waals surface area contributed by atoms with Crippen molar-refractivity contribution in [1.82, 2.24) is 20.4 Å². The quantitative estimate of drug-likeness (QED) is 0.877. The molecule has 2 aliphatic rings. The molecule has 0 aromatic carbocycles. The predicted molar refractivity (Wildman–Crippen MR) is 91.5 cm³/mol. The van der Waals surface area contributed by atoms with Crippen LogP contribution in [0.1, 0.15) is 74.8 Å². The van der Waals surface area contributed by atoms with E-state index in [1.807, 2.05) is 16.9 Å². The van der Waals surface area contributed by atoms with E-state index >= 15 is 0 Å². The van der Waals surface area contributed by atoms with Crippen LogP contribution in [0.5, 0.6) is 0 Å². The van der Waals surface area contributed by atoms with Crippen LogP contribution in [0.4, 0.5) is 0 Å². The fourth-order valence-corrected chi connectivity index (χ4v) is 3.98. The molecule has 23 heavy (non-hydrogen) atoms. The fraction of sp³-hybridized carbons (Fsp3) is 0.778. The third-order valence-electron chi connectivity index (χ3n) is 5.36. The first kappa shape index (κ1) is 16.5. The molecule has 1 saturated heterocycles. The minimum atomic E-state index is -0.00791. The van der Waals surface area contributed by atoms with E-state index in [-0.39, 0.29) is 5.91 Å². The summed E-state index contributed by atoms with van der Waals surface area (Å²) in [6.45, 7) is 4.29. The van der Waals surface area contributed by atoms with Gasteiger partial charge in [0.25, 0.3) is 5.91 Å². The number of carbonyl (C=O) groups is 1. The van der Waals surface area contributed by atoms with Gasteiger partial charge in [0.15, 0.2) is 0 Å². The van der Waals surface area contributed by atoms with Crippen LogP contribution in [-0.2, 0) is 0 Å². The van der Waals surface area contributed by atoms with Gasteiger partial charge >= 0.3 is 0 Å². The molecule has 128 valence electrons. The van der Waals surface area contributed by atoms with E-state index in [2.05, 4.69) is 22.7 Å². The first-order valence-corrected chi connectivity index (χ1v) is 9.33. The van der Waals surface area contributed by atoms with Crippen LogP contribution in [0.15, 0.2) is 12.3 Å². The normalized spacial score (nSPS) is 28.5. The van der Waals surface area contributed by atoms with Crippen LogP contribution in [0.25, 0.3) is 0 Å². The summed E-state index contributed by atoms with van der Waals surface area (Å²) in [5, 5.41) is 11.1. The molecule has 2 N–H and O–H groups in total. The Morgan fingerprint density at radius 3 is 2.87 bits per heavy atom. The van der Waals surface area contributed by atoms with Crippen molar-refractivity contribution in [1.29, 1.82) is 0 Å². The van der Waals surface area contributed by atoms with Crippen molar-refractivity contribution in [2.75, 3.05) is 13.1 Å². The van der Waals surface area contributed by atoms with E-state index in [1.54, 1.807) is 0 Å². The second-order valence-electron chi connectivity index (χ2n) is 7.16. The molecule has 1 atom stereocenters. The maximum absolute atomic E-state index is 12.4. The van der Waals surface area contributed by atoms with E-state index < -0.39 is 0 Å². The van der Waals surface area contributed by atoms with E-state index in [9.17, 15) is 4.79 Å². The average molecular weight is 318 g/mol. The maximum Gasteiger partial charge on any atom is 0.271 e. The Balaban J connectivity index is 1.50. The minimum Gasteiger partial charge on any atom is -0.348 e. The highest BCUT2D eigenvalue weighted by atomic mass is 16.2. The first-order valence-electron chi connectivity index (χ1n) is 9.33. The number of aromatic nitrogens is 2. The van der Waals surface area contributed by atoms with Crippen LogP contribution >= 0.6 is 0 Å². The number of hydrogen-bond acceptors (Lipinski definition) is 3. The van der Waals surface area contributed by atoms with Crippen molar-refractivity contribution in [3.05, 3.63) is 18.0 Å². The molecule has 0 spiro atoms. The first-order chi connectivity index (χ1) is 11.3. The summed E-state index contributed by atoms with van der Waals surface area (Å²) in [7, 11) is 0. The molecule has 1 unspecified atom stereocenters. The highest BCUT2D eigenvalue weighted by Gasteiger charge is 2.23. The molecule has 1 aliphatic carbocycles. The van der Waals surface area contributed by atoms with E-state index in [1.165, 1.54) is 32.1 Å². The lowest BCUT2D eigenvalue weighted by molar-refractivity contribution is 0.0914. The number of nitrogens with one attached hydrogen (secondary N) is 2. The van der Waals surface area contributed by atoms with Crippen LogP contribution in [0, 0.1) is 5.92 Å². The number of rotatable bonds is 5. The van der Waals surface area contributed by atoms with Gasteiger partial charge < -0.3 is 10.6 Å². The van der Waals surface area contributed by atoms with Crippen LogP contribution in [-0.4, -0.2) is 34.8 Å². The Labute approximate surface area is 139 Å². The number of piperidine rings is 1. The average Bonchev–Trinajstić information content (AvgIpc) is 3.08. The predicted octanol–water partition coefficient (Wildman–Crippen LogP) is 2.90. The largest absolute Gasteiger partial charge is 0.348 e. The Kier molecular flexibility index (Phi) is 5.70. The van der Waals surface area contributed by atoms with E-state index in [4.69, 9.17) is 0 Å². The number of amides is 1. The van der Waals surface area contributed by atoms with Gasteiger partial charge in [0.05, 0.1) is 6.04 Å². The molecule has 1 aliphatic heterocycles. The Morgan fingerprint density at radius 2 is 2.17 bits per heavy atom. The molecule has 1 aromatic rings. The van der Waals surface area contributed by atoms with Crippen molar-refractivity contribution in [3.63, 3.8) is 0 Å². The molecule has 2 heterocycles. The zero-order valence-electron chi connectivity index (χ0n) is 14.3. The van der Waals surface area contributed by atoms with Gasteiger partial charge in [-0.3, -0.25) is 9.48 Å². The number of nitrogens with zero attached hydrogens (tertiary/aromatic N) is 2. The molecule has 5 nitrogen and oxygen atoms in total. The lowest BCUT2D eigenvalue weighted by atomic mass is 9.83. The Morgan fingerprint density at radius 1 is 1.35 bits per heavy atom. The molecule has 0 radical (unpaired) electrons. The second-order valence-corrected chi connectivity index (χ2v) is 7.16. The Bertz CT molecular complexity index is 499. The smallest absolute Gasteiger partial charge is 0.271 e. The van der Waals surface area contributed by atoms with Crippen molar-refractivity contribution in [2.24, 2.45) is 5.92 Å². The molecule has 0 bridgehead atoms. The van der Waals surface area contributed by atoms with Gasteiger partial charge in [0.2, 0.25) is 0 Å². The van der Waals surface area contributed by atoms with Gasteiger partial charge in [-0.2, -0.15) is 5.10 Å². The molecule has 1 aromatic heterocycles. The topological polar surface area (TPSA) is 59.0 Å². The molecule has 2 fully saturated rings. The van der Waals surface area contributed by atoms with Crippen LogP contribution < -0.4 is 10.6 Å². The zero-order valence-corrected chi connectivity index (χ0v) is 14.3. The number of carbonyl (C=O) groups excluding carboxylic acids is 1. The summed E-state index contributed by atoms with van der Waals surface area (Å²) in [6.07, 6.45) is 11.6. The third-order valence-corrected chi connectivity index (χ3v) is 5.36. The standard InChI is InChI=1S/C18H30N4O/c1-2-4-14-6-8-15(9-7-14)20-18(23)17-10-12-22(21-17)16-5-3-11-19-13-16/h10,12,14-16,19H,2-9,11,13H2,1H3,(H,20,23). The minimum absolute atomic E-state index is 0.00791. The van der Waals surface area contributed by atoms with Gasteiger partial charge in [0, 0.05) is 18.8 Å². The van der Waals surface area contributed by atoms with Crippen molar-refractivity contribution < 1.29 is 4.79 Å². The van der Waals surface area contributed by atoms with Gasteiger partial charge in [0.1, 0.15) is 5.69 Å². The van der Waals surface area contributed by atoms with Gasteiger partial charge in [-0.1, -0.05) is 19.8 Å². The highest BCUT2D eigenvalue weighted by Crippen LogP contribution is 2.27. The second kappa shape index (κ2) is 7.95. The van der Waals surface area contributed by atoms with Gasteiger partial charge in [-0.05, 0) is 57.1 Å². The summed E-state index contributed by atoms with van der Waals surface area (Å²) >= 11 is 0. The summed E-state index contributed by atoms with van der Waals surface area (Å²) in [5.41, 5.74) is 0.561. The van der Waals surface area contributed by atoms with Crippen LogP contribution in [0.2, 0.25) is 0 Å². The molecule has 3 rings (SSSR count). The lowest BCUT2D eigenvalue weighted by Gasteiger charge is -2.28. The van der Waals surface area contributed by atoms with E-state index in [0.717, 1.165) is 38.3 Å². The SMILES string of the molecule is CCCC1CCC(NC(=O)c2ccn(C3CCCNC3)n2)CC1. The molecule has 1 saturated carbocycles. The van der Waals surface area contributed by atoms with E-state index in [0.29, 0.717) is 17.8 Å². The lowest BCUT2D eigenvalue weighted by Crippen LogP contribution is -2.38. The van der Waals surface area contributed by atoms with Crippen molar-refractivity contribution in [3.8, 4) is 0 Å². The van der Waals surface area contributed by atoms with Crippen LogP contribution in [0.3, 0.4) is 0 Å². The summed E-state index contributed by atoms with van der Waals surface area (Å²) in [6, 6.07) is 2.57.